The molecular weight excluding hydrogens is 202 g/mol. The van der Waals surface area contributed by atoms with Gasteiger partial charge in [-0.1, -0.05) is 6.08 Å². The van der Waals surface area contributed by atoms with Crippen LogP contribution in [0.2, 0.25) is 0 Å². The average Bonchev–Trinajstić information content (AvgIpc) is 2.62. The van der Waals surface area contributed by atoms with Crippen molar-refractivity contribution in [3.05, 3.63) is 30.1 Å². The molecule has 0 bridgehead atoms. The molecule has 0 aromatic carbocycles. The standard InChI is InChI=1S/C12H19N3O/c1-5-8-10-9-13-14(4)11(10)12(16)15(6-2)7-3/h5,9H,1,6-8H2,2-4H3. The Hall–Kier alpha value is -1.58. The van der Waals surface area contributed by atoms with Gasteiger partial charge in [-0.25, -0.2) is 0 Å². The molecule has 0 N–H and O–H groups in total. The predicted octanol–water partition coefficient (Wildman–Crippen LogP) is 1.63. The van der Waals surface area contributed by atoms with E-state index in [2.05, 4.69) is 11.7 Å². The summed E-state index contributed by atoms with van der Waals surface area (Å²) in [4.78, 5) is 14.0. The minimum atomic E-state index is 0.0434. The Kier molecular flexibility index (Phi) is 4.28. The van der Waals surface area contributed by atoms with Crippen LogP contribution in [-0.4, -0.2) is 33.7 Å². The van der Waals surface area contributed by atoms with Gasteiger partial charge in [0.05, 0.1) is 6.20 Å². The highest BCUT2D eigenvalue weighted by Gasteiger charge is 2.19. The highest BCUT2D eigenvalue weighted by molar-refractivity contribution is 5.94. The molecule has 4 heteroatoms. The smallest absolute Gasteiger partial charge is 0.272 e. The second kappa shape index (κ2) is 5.49. The molecule has 0 saturated carbocycles. The number of amides is 1. The molecule has 0 aliphatic rings. The summed E-state index contributed by atoms with van der Waals surface area (Å²) in [5.41, 5.74) is 1.61. The van der Waals surface area contributed by atoms with Crippen LogP contribution in [0.1, 0.15) is 29.9 Å². The Morgan fingerprint density at radius 2 is 2.19 bits per heavy atom. The molecule has 1 aromatic rings. The first kappa shape index (κ1) is 12.5. The number of aromatic nitrogens is 2. The van der Waals surface area contributed by atoms with Crippen molar-refractivity contribution < 1.29 is 4.79 Å². The average molecular weight is 221 g/mol. The minimum absolute atomic E-state index is 0.0434. The largest absolute Gasteiger partial charge is 0.338 e. The van der Waals surface area contributed by atoms with Crippen molar-refractivity contribution in [3.8, 4) is 0 Å². The van der Waals surface area contributed by atoms with E-state index < -0.39 is 0 Å². The number of hydrogen-bond acceptors (Lipinski definition) is 2. The molecule has 1 aromatic heterocycles. The monoisotopic (exact) mass is 221 g/mol. The van der Waals surface area contributed by atoms with Crippen molar-refractivity contribution in [2.45, 2.75) is 20.3 Å². The third kappa shape index (κ3) is 2.32. The van der Waals surface area contributed by atoms with Gasteiger partial charge >= 0.3 is 0 Å². The molecule has 4 nitrogen and oxygen atoms in total. The van der Waals surface area contributed by atoms with E-state index in [-0.39, 0.29) is 5.91 Å². The second-order valence-corrected chi connectivity index (χ2v) is 3.61. The molecule has 0 atom stereocenters. The van der Waals surface area contributed by atoms with Crippen LogP contribution < -0.4 is 0 Å². The lowest BCUT2D eigenvalue weighted by atomic mass is 10.1. The maximum absolute atomic E-state index is 12.2. The number of aryl methyl sites for hydroxylation is 1. The Balaban J connectivity index is 3.05. The van der Waals surface area contributed by atoms with Gasteiger partial charge in [-0.3, -0.25) is 9.48 Å². The van der Waals surface area contributed by atoms with Crippen LogP contribution in [-0.2, 0) is 13.5 Å². The van der Waals surface area contributed by atoms with E-state index in [1.165, 1.54) is 0 Å². The van der Waals surface area contributed by atoms with Crippen molar-refractivity contribution in [3.63, 3.8) is 0 Å². The van der Waals surface area contributed by atoms with Gasteiger partial charge in [-0.2, -0.15) is 5.10 Å². The molecular formula is C12H19N3O. The van der Waals surface area contributed by atoms with Gasteiger partial charge in [0.15, 0.2) is 0 Å². The predicted molar refractivity (Wildman–Crippen MR) is 64.4 cm³/mol. The molecule has 0 radical (unpaired) electrons. The fourth-order valence-corrected chi connectivity index (χ4v) is 1.72. The molecule has 0 saturated heterocycles. The minimum Gasteiger partial charge on any atom is -0.338 e. The zero-order valence-corrected chi connectivity index (χ0v) is 10.2. The number of rotatable bonds is 5. The van der Waals surface area contributed by atoms with Crippen LogP contribution >= 0.6 is 0 Å². The fraction of sp³-hybridized carbons (Fsp3) is 0.500. The van der Waals surface area contributed by atoms with Crippen molar-refractivity contribution in [2.24, 2.45) is 7.05 Å². The molecule has 16 heavy (non-hydrogen) atoms. The summed E-state index contributed by atoms with van der Waals surface area (Å²) in [6, 6.07) is 0. The van der Waals surface area contributed by atoms with Gasteiger partial charge in [0.1, 0.15) is 5.69 Å². The molecule has 1 amide bonds. The van der Waals surface area contributed by atoms with Gasteiger partial charge in [0, 0.05) is 25.7 Å². The topological polar surface area (TPSA) is 38.1 Å². The number of hydrogen-bond donors (Lipinski definition) is 0. The van der Waals surface area contributed by atoms with Crippen molar-refractivity contribution in [2.75, 3.05) is 13.1 Å². The first-order valence-corrected chi connectivity index (χ1v) is 5.56. The summed E-state index contributed by atoms with van der Waals surface area (Å²) in [5.74, 6) is 0.0434. The number of carbonyl (C=O) groups is 1. The van der Waals surface area contributed by atoms with E-state index in [9.17, 15) is 4.79 Å². The van der Waals surface area contributed by atoms with Gasteiger partial charge in [0.25, 0.3) is 5.91 Å². The maximum atomic E-state index is 12.2. The van der Waals surface area contributed by atoms with Crippen LogP contribution in [0.4, 0.5) is 0 Å². The third-order valence-corrected chi connectivity index (χ3v) is 2.63. The summed E-state index contributed by atoms with van der Waals surface area (Å²) in [7, 11) is 1.79. The molecule has 1 heterocycles. The van der Waals surface area contributed by atoms with E-state index >= 15 is 0 Å². The first-order chi connectivity index (χ1) is 7.65. The summed E-state index contributed by atoms with van der Waals surface area (Å²) >= 11 is 0. The third-order valence-electron chi connectivity index (χ3n) is 2.63. The SMILES string of the molecule is C=CCc1cnn(C)c1C(=O)N(CC)CC. The van der Waals surface area contributed by atoms with Crippen molar-refractivity contribution in [1.82, 2.24) is 14.7 Å². The fourth-order valence-electron chi connectivity index (χ4n) is 1.72. The Morgan fingerprint density at radius 1 is 1.56 bits per heavy atom. The molecule has 0 aliphatic heterocycles. The number of carbonyl (C=O) groups excluding carboxylic acids is 1. The van der Waals surface area contributed by atoms with Gasteiger partial charge in [-0.15, -0.1) is 6.58 Å². The second-order valence-electron chi connectivity index (χ2n) is 3.61. The molecule has 88 valence electrons. The highest BCUT2D eigenvalue weighted by Crippen LogP contribution is 2.12. The Morgan fingerprint density at radius 3 is 2.69 bits per heavy atom. The summed E-state index contributed by atoms with van der Waals surface area (Å²) < 4.78 is 1.64. The van der Waals surface area contributed by atoms with Gasteiger partial charge in [0.2, 0.25) is 0 Å². The van der Waals surface area contributed by atoms with Crippen LogP contribution in [0.5, 0.6) is 0 Å². The molecule has 0 aliphatic carbocycles. The van der Waals surface area contributed by atoms with E-state index in [0.717, 1.165) is 5.56 Å². The highest BCUT2D eigenvalue weighted by atomic mass is 16.2. The van der Waals surface area contributed by atoms with Crippen LogP contribution in [0.3, 0.4) is 0 Å². The van der Waals surface area contributed by atoms with Crippen molar-refractivity contribution >= 4 is 5.91 Å². The summed E-state index contributed by atoms with van der Waals surface area (Å²) in [5, 5.41) is 4.13. The lowest BCUT2D eigenvalue weighted by Crippen LogP contribution is -2.32. The van der Waals surface area contributed by atoms with E-state index in [0.29, 0.717) is 25.2 Å². The lowest BCUT2D eigenvalue weighted by molar-refractivity contribution is 0.0761. The van der Waals surface area contributed by atoms with E-state index in [4.69, 9.17) is 0 Å². The Labute approximate surface area is 96.6 Å². The quantitative estimate of drug-likeness (QED) is 0.709. The molecule has 1 rings (SSSR count). The summed E-state index contributed by atoms with van der Waals surface area (Å²) in [6.07, 6.45) is 4.20. The summed E-state index contributed by atoms with van der Waals surface area (Å²) in [6.45, 7) is 9.08. The van der Waals surface area contributed by atoms with Gasteiger partial charge in [-0.05, 0) is 20.3 Å². The zero-order valence-electron chi connectivity index (χ0n) is 10.2. The number of allylic oxidation sites excluding steroid dienone is 1. The zero-order chi connectivity index (χ0) is 12.1. The number of nitrogens with zero attached hydrogens (tertiary/aromatic N) is 3. The van der Waals surface area contributed by atoms with Gasteiger partial charge < -0.3 is 4.90 Å². The van der Waals surface area contributed by atoms with Crippen LogP contribution in [0.25, 0.3) is 0 Å². The lowest BCUT2D eigenvalue weighted by Gasteiger charge is -2.19. The van der Waals surface area contributed by atoms with Crippen LogP contribution in [0, 0.1) is 0 Å². The van der Waals surface area contributed by atoms with Crippen LogP contribution in [0.15, 0.2) is 18.9 Å². The van der Waals surface area contributed by atoms with Crippen molar-refractivity contribution in [1.29, 1.82) is 0 Å². The van der Waals surface area contributed by atoms with E-state index in [1.54, 1.807) is 28.9 Å². The normalized spacial score (nSPS) is 10.2. The first-order valence-electron chi connectivity index (χ1n) is 5.56. The van der Waals surface area contributed by atoms with E-state index in [1.807, 2.05) is 13.8 Å². The molecule has 0 spiro atoms. The Bertz CT molecular complexity index is 378. The molecule has 0 fully saturated rings. The molecule has 0 unspecified atom stereocenters. The maximum Gasteiger partial charge on any atom is 0.272 e.